The molecule has 2 aliphatic rings. The first-order valence-corrected chi connectivity index (χ1v) is 10.0. The molecule has 2 atom stereocenters. The average Bonchev–Trinajstić information content (AvgIpc) is 2.89. The normalized spacial score (nSPS) is 21.1. The molecule has 1 aromatic rings. The highest BCUT2D eigenvalue weighted by Crippen LogP contribution is 2.31. The van der Waals surface area contributed by atoms with Crippen LogP contribution in [0.3, 0.4) is 0 Å². The van der Waals surface area contributed by atoms with E-state index < -0.39 is 40.5 Å². The Labute approximate surface area is 166 Å². The van der Waals surface area contributed by atoms with Crippen molar-refractivity contribution in [1.82, 2.24) is 20.3 Å². The monoisotopic (exact) mass is 429 g/mol. The molecule has 0 aromatic carbocycles. The number of fused-ring (bicyclic) bond motifs is 2. The molecule has 2 aliphatic heterocycles. The molecular formula is C15H21N6O7S+. The molecule has 0 spiro atoms. The van der Waals surface area contributed by atoms with Gasteiger partial charge in [0.2, 0.25) is 12.4 Å². The van der Waals surface area contributed by atoms with Gasteiger partial charge in [-0.05, 0) is 18.0 Å². The second kappa shape index (κ2) is 7.81. The molecule has 2 N–H and O–H groups in total. The Morgan fingerprint density at radius 1 is 1.24 bits per heavy atom. The van der Waals surface area contributed by atoms with E-state index in [0.29, 0.717) is 5.06 Å². The lowest BCUT2D eigenvalue weighted by Crippen LogP contribution is -2.72. The van der Waals surface area contributed by atoms with Gasteiger partial charge >= 0.3 is 28.4 Å². The van der Waals surface area contributed by atoms with Gasteiger partial charge in [-0.3, -0.25) is 9.35 Å². The van der Waals surface area contributed by atoms with E-state index in [9.17, 15) is 22.8 Å². The van der Waals surface area contributed by atoms with E-state index in [1.54, 1.807) is 30.6 Å². The summed E-state index contributed by atoms with van der Waals surface area (Å²) in [6.45, 7) is 0.0414. The van der Waals surface area contributed by atoms with Gasteiger partial charge in [0.25, 0.3) is 0 Å². The lowest BCUT2D eigenvalue weighted by atomic mass is 10.0. The van der Waals surface area contributed by atoms with Gasteiger partial charge in [-0.25, -0.2) is 9.59 Å². The highest BCUT2D eigenvalue weighted by atomic mass is 32.3. The molecule has 158 valence electrons. The number of pyridine rings is 1. The van der Waals surface area contributed by atoms with E-state index in [1.807, 2.05) is 0 Å². The van der Waals surface area contributed by atoms with Gasteiger partial charge < -0.3 is 9.80 Å². The maximum absolute atomic E-state index is 13.2. The van der Waals surface area contributed by atoms with Crippen molar-refractivity contribution < 1.29 is 36.3 Å². The van der Waals surface area contributed by atoms with Gasteiger partial charge in [0.1, 0.15) is 6.04 Å². The number of aromatic nitrogens is 1. The predicted octanol–water partition coefficient (Wildman–Crippen LogP) is -1.37. The molecule has 5 amide bonds. The minimum Gasteiger partial charge on any atom is -0.329 e. The van der Waals surface area contributed by atoms with E-state index in [-0.39, 0.29) is 19.4 Å². The highest BCUT2D eigenvalue weighted by Gasteiger charge is 2.51. The maximum Gasteiger partial charge on any atom is 0.418 e. The van der Waals surface area contributed by atoms with Crippen molar-refractivity contribution in [2.75, 3.05) is 25.8 Å². The van der Waals surface area contributed by atoms with Gasteiger partial charge in [0, 0.05) is 32.8 Å². The lowest BCUT2D eigenvalue weighted by Gasteiger charge is -2.30. The molecule has 13 nitrogen and oxygen atoms in total. The SMILES string of the molecule is CN(C)C(=O)NN(C(=O)[C@@H]1CC[C@@H]2CN1C(=O)N2OS(=O)(=O)O)[n+]1ccccc1. The van der Waals surface area contributed by atoms with Crippen molar-refractivity contribution in [1.29, 1.82) is 0 Å². The maximum atomic E-state index is 13.2. The van der Waals surface area contributed by atoms with Gasteiger partial charge in [-0.2, -0.15) is 18.9 Å². The van der Waals surface area contributed by atoms with Crippen molar-refractivity contribution in [3.8, 4) is 0 Å². The standard InChI is InChI=1S/C15H20N6O7S/c1-17(2)14(23)16-21(18-8-4-3-5-9-18)13(22)12-7-6-11-10-19(12)15(24)20(11)28-29(25,26)27/h3-5,8-9,11-12H,6-7,10H2,1-2H3,(H-,16,23,25,26,27)/p+1/t11-,12+/m1/s1. The quantitative estimate of drug-likeness (QED) is 0.341. The first-order chi connectivity index (χ1) is 13.6. The molecule has 14 heteroatoms. The summed E-state index contributed by atoms with van der Waals surface area (Å²) in [5, 5.41) is 1.54. The summed E-state index contributed by atoms with van der Waals surface area (Å²) in [6.07, 6.45) is 3.56. The fourth-order valence-corrected chi connectivity index (χ4v) is 3.56. The Hall–Kier alpha value is -2.97. The zero-order chi connectivity index (χ0) is 21.3. The van der Waals surface area contributed by atoms with E-state index in [0.717, 1.165) is 10.0 Å². The van der Waals surface area contributed by atoms with Crippen LogP contribution in [0.15, 0.2) is 30.6 Å². The van der Waals surface area contributed by atoms with Crippen molar-refractivity contribution in [3.63, 3.8) is 0 Å². The number of nitrogens with zero attached hydrogens (tertiary/aromatic N) is 5. The number of hydrogen-bond acceptors (Lipinski definition) is 6. The van der Waals surface area contributed by atoms with E-state index in [2.05, 4.69) is 9.71 Å². The van der Waals surface area contributed by atoms with Gasteiger partial charge in [-0.15, -0.1) is 4.28 Å². The number of amides is 5. The van der Waals surface area contributed by atoms with Crippen LogP contribution in [0, 0.1) is 0 Å². The molecule has 2 saturated heterocycles. The summed E-state index contributed by atoms with van der Waals surface area (Å²) in [5.74, 6) is -0.600. The lowest BCUT2D eigenvalue weighted by molar-refractivity contribution is -0.688. The third kappa shape index (κ3) is 4.38. The molecule has 0 aliphatic carbocycles. The minimum atomic E-state index is -4.89. The molecule has 3 rings (SSSR count). The van der Waals surface area contributed by atoms with Crippen molar-refractivity contribution in [2.24, 2.45) is 0 Å². The first kappa shape index (κ1) is 20.8. The third-order valence-corrected chi connectivity index (χ3v) is 4.88. The Morgan fingerprint density at radius 2 is 1.90 bits per heavy atom. The molecule has 1 aromatic heterocycles. The fraction of sp³-hybridized carbons (Fsp3) is 0.467. The van der Waals surface area contributed by atoms with Crippen LogP contribution in [0.4, 0.5) is 9.59 Å². The molecular weight excluding hydrogens is 408 g/mol. The summed E-state index contributed by atoms with van der Waals surface area (Å²) in [5.41, 5.74) is 2.47. The molecule has 2 bridgehead atoms. The number of hydroxylamine groups is 2. The fourth-order valence-electron chi connectivity index (χ4n) is 3.17. The van der Waals surface area contributed by atoms with E-state index in [1.165, 1.54) is 23.7 Å². The van der Waals surface area contributed by atoms with E-state index in [4.69, 9.17) is 4.55 Å². The Morgan fingerprint density at radius 3 is 2.48 bits per heavy atom. The second-order valence-electron chi connectivity index (χ2n) is 6.73. The first-order valence-electron chi connectivity index (χ1n) is 8.64. The zero-order valence-corrected chi connectivity index (χ0v) is 16.5. The van der Waals surface area contributed by atoms with Crippen LogP contribution < -0.4 is 15.2 Å². The number of hydrogen-bond donors (Lipinski definition) is 2. The van der Waals surface area contributed by atoms with Crippen molar-refractivity contribution >= 4 is 28.4 Å². The average molecular weight is 429 g/mol. The third-order valence-electron chi connectivity index (χ3n) is 4.53. The Balaban J connectivity index is 1.85. The molecule has 0 radical (unpaired) electrons. The Bertz CT molecular complexity index is 909. The number of carbonyl (C=O) groups is 3. The van der Waals surface area contributed by atoms with Crippen LogP contribution in [-0.2, 0) is 19.5 Å². The molecule has 29 heavy (non-hydrogen) atoms. The number of nitrogens with one attached hydrogen (secondary N) is 1. The molecule has 0 unspecified atom stereocenters. The van der Waals surface area contributed by atoms with Crippen LogP contribution in [0.25, 0.3) is 0 Å². The van der Waals surface area contributed by atoms with Gasteiger partial charge in [0.15, 0.2) is 0 Å². The topological polar surface area (TPSA) is 144 Å². The largest absolute Gasteiger partial charge is 0.418 e. The van der Waals surface area contributed by atoms with Crippen LogP contribution in [0.1, 0.15) is 12.8 Å². The summed E-state index contributed by atoms with van der Waals surface area (Å²) < 4.78 is 36.6. The number of piperidine rings is 1. The second-order valence-corrected chi connectivity index (χ2v) is 7.73. The smallest absolute Gasteiger partial charge is 0.329 e. The predicted molar refractivity (Wildman–Crippen MR) is 95.5 cm³/mol. The van der Waals surface area contributed by atoms with Crippen LogP contribution in [0.2, 0.25) is 0 Å². The number of urea groups is 2. The zero-order valence-electron chi connectivity index (χ0n) is 15.7. The number of carbonyl (C=O) groups excluding carboxylic acids is 3. The highest BCUT2D eigenvalue weighted by molar-refractivity contribution is 7.80. The van der Waals surface area contributed by atoms with Gasteiger partial charge in [-0.1, -0.05) is 10.7 Å². The molecule has 0 saturated carbocycles. The van der Waals surface area contributed by atoms with E-state index >= 15 is 0 Å². The Kier molecular flexibility index (Phi) is 5.59. The summed E-state index contributed by atoms with van der Waals surface area (Å²) in [4.78, 5) is 40.3. The summed E-state index contributed by atoms with van der Waals surface area (Å²) in [7, 11) is -1.87. The van der Waals surface area contributed by atoms with Crippen LogP contribution >= 0.6 is 0 Å². The van der Waals surface area contributed by atoms with Crippen molar-refractivity contribution in [3.05, 3.63) is 30.6 Å². The van der Waals surface area contributed by atoms with Gasteiger partial charge in [0.05, 0.1) is 6.04 Å². The summed E-state index contributed by atoms with van der Waals surface area (Å²) in [6, 6.07) is 2.02. The number of hydrazine groups is 1. The number of rotatable bonds is 4. The van der Waals surface area contributed by atoms with Crippen molar-refractivity contribution in [2.45, 2.75) is 24.9 Å². The minimum absolute atomic E-state index is 0.0414. The van der Waals surface area contributed by atoms with Crippen LogP contribution in [-0.4, -0.2) is 78.5 Å². The molecule has 3 heterocycles. The molecule has 2 fully saturated rings. The summed E-state index contributed by atoms with van der Waals surface area (Å²) >= 11 is 0. The van der Waals surface area contributed by atoms with Crippen LogP contribution in [0.5, 0.6) is 0 Å².